The van der Waals surface area contributed by atoms with E-state index < -0.39 is 34.4 Å². The Balaban J connectivity index is 0.00000216. The van der Waals surface area contributed by atoms with Crippen molar-refractivity contribution < 1.29 is 22.7 Å². The Labute approximate surface area is 234 Å². The molecule has 0 saturated carbocycles. The summed E-state index contributed by atoms with van der Waals surface area (Å²) >= 11 is 0. The van der Waals surface area contributed by atoms with Crippen molar-refractivity contribution in [3.63, 3.8) is 0 Å². The molecule has 1 N–H and O–H groups in total. The van der Waals surface area contributed by atoms with Crippen molar-refractivity contribution in [3.8, 4) is 0 Å². The van der Waals surface area contributed by atoms with Gasteiger partial charge in [-0.25, -0.2) is 23.1 Å². The summed E-state index contributed by atoms with van der Waals surface area (Å²) in [4.78, 5) is 35.7. The fourth-order valence-corrected chi connectivity index (χ4v) is 4.75. The minimum atomic E-state index is -2.95. The summed E-state index contributed by atoms with van der Waals surface area (Å²) in [5.74, 6) is -1.36. The molecule has 6 radical (unpaired) electrons. The van der Waals surface area contributed by atoms with Crippen LogP contribution in [0.15, 0.2) is 35.4 Å². The second-order valence-corrected chi connectivity index (χ2v) is 9.28. The lowest BCUT2D eigenvalue weighted by molar-refractivity contribution is -0.136. The van der Waals surface area contributed by atoms with Gasteiger partial charge in [0.25, 0.3) is 12.0 Å². The number of carbonyl (C=O) groups excluding carboxylic acids is 1. The van der Waals surface area contributed by atoms with Crippen LogP contribution in [0.3, 0.4) is 0 Å². The quantitative estimate of drug-likeness (QED) is 0.457. The number of pyridine rings is 1. The van der Waals surface area contributed by atoms with Crippen molar-refractivity contribution in [1.29, 1.82) is 0 Å². The lowest BCUT2D eigenvalue weighted by Gasteiger charge is -2.42. The van der Waals surface area contributed by atoms with Crippen LogP contribution in [0.4, 0.5) is 19.0 Å². The summed E-state index contributed by atoms with van der Waals surface area (Å²) < 4.78 is 48.0. The van der Waals surface area contributed by atoms with Crippen molar-refractivity contribution in [2.24, 2.45) is 7.05 Å². The van der Waals surface area contributed by atoms with E-state index in [1.807, 2.05) is 13.8 Å². The van der Waals surface area contributed by atoms with Crippen molar-refractivity contribution in [1.82, 2.24) is 19.4 Å². The molecule has 0 spiro atoms. The summed E-state index contributed by atoms with van der Waals surface area (Å²) in [6, 6.07) is 5.38. The highest BCUT2D eigenvalue weighted by Gasteiger charge is 2.41. The lowest BCUT2D eigenvalue weighted by atomic mass is 9.42. The number of halogens is 3. The predicted octanol–water partition coefficient (Wildman–Crippen LogP) is 3.09. The smallest absolute Gasteiger partial charge is 0.266 e. The summed E-state index contributed by atoms with van der Waals surface area (Å²) in [7, 11) is 19.7. The molecule has 1 fully saturated rings. The van der Waals surface area contributed by atoms with Crippen molar-refractivity contribution in [2.45, 2.75) is 50.4 Å². The van der Waals surface area contributed by atoms with Crippen LogP contribution in [0.5, 0.6) is 0 Å². The summed E-state index contributed by atoms with van der Waals surface area (Å²) in [5, 5.41) is 1.39. The van der Waals surface area contributed by atoms with Gasteiger partial charge >= 0.3 is 0 Å². The van der Waals surface area contributed by atoms with E-state index in [4.69, 9.17) is 28.3 Å². The van der Waals surface area contributed by atoms with E-state index in [0.717, 1.165) is 6.07 Å². The molecular weight excluding hydrogens is 520 g/mol. The number of benzene rings is 1. The number of carbonyl (C=O) groups is 1. The number of fused-ring (bicyclic) bond motifs is 1. The van der Waals surface area contributed by atoms with E-state index in [0.29, 0.717) is 16.6 Å². The monoisotopic (exact) mass is 549 g/mol. The van der Waals surface area contributed by atoms with Gasteiger partial charge in [0.1, 0.15) is 29.2 Å². The topological polar surface area (TPSA) is 89.3 Å². The van der Waals surface area contributed by atoms with Crippen molar-refractivity contribution >= 4 is 46.3 Å². The Hall–Kier alpha value is -3.28. The predicted molar refractivity (Wildman–Crippen MR) is 149 cm³/mol. The third kappa shape index (κ3) is 6.06. The molecule has 1 aromatic carbocycles. The lowest BCUT2D eigenvalue weighted by Crippen LogP contribution is -2.51. The van der Waals surface area contributed by atoms with Crippen LogP contribution in [-0.2, 0) is 28.7 Å². The summed E-state index contributed by atoms with van der Waals surface area (Å²) in [6.07, 6.45) is -1.19. The highest BCUT2D eigenvalue weighted by molar-refractivity contribution is 6.68. The molecule has 0 unspecified atom stereocenters. The van der Waals surface area contributed by atoms with Gasteiger partial charge < -0.3 is 15.0 Å². The first-order valence-corrected chi connectivity index (χ1v) is 12.8. The van der Waals surface area contributed by atoms with Crippen LogP contribution in [0, 0.1) is 5.82 Å². The maximum Gasteiger partial charge on any atom is 0.266 e. The Morgan fingerprint density at radius 1 is 1.20 bits per heavy atom. The number of likely N-dealkylation sites (tertiary alicyclic amines) is 1. The largest absolute Gasteiger partial charge is 0.373 e. The fourth-order valence-electron chi connectivity index (χ4n) is 4.75. The molecule has 1 amide bonds. The molecule has 2 aromatic heterocycles. The molecule has 3 heterocycles. The van der Waals surface area contributed by atoms with Gasteiger partial charge in [0.05, 0.1) is 40.1 Å². The molecular formula is C26H29B3F3N5O3. The molecule has 1 aliphatic heterocycles. The Morgan fingerprint density at radius 2 is 1.85 bits per heavy atom. The molecule has 0 aliphatic carbocycles. The first kappa shape index (κ1) is 31.3. The summed E-state index contributed by atoms with van der Waals surface area (Å²) in [5.41, 5.74) is -1.46. The SMILES string of the molecule is CC.[B]C([B])([B])C(=O)N1CCC(OC)(c2cc3c(NCc4cccc(C(F)F)c4F)ncnc3n(C)c2=O)CC1. The molecule has 4 rings (SSSR count). The molecule has 14 heteroatoms. The number of methoxy groups -OCH3 is 1. The summed E-state index contributed by atoms with van der Waals surface area (Å²) in [6.45, 7) is 4.25. The third-order valence-corrected chi connectivity index (χ3v) is 6.90. The number of piperidine rings is 1. The fraction of sp³-hybridized carbons (Fsp3) is 0.462. The Morgan fingerprint density at radius 3 is 2.42 bits per heavy atom. The number of alkyl halides is 2. The van der Waals surface area contributed by atoms with Gasteiger partial charge in [-0.15, -0.1) is 0 Å². The Kier molecular flexibility index (Phi) is 9.76. The van der Waals surface area contributed by atoms with Gasteiger partial charge in [0.2, 0.25) is 5.91 Å². The third-order valence-electron chi connectivity index (χ3n) is 6.90. The van der Waals surface area contributed by atoms with E-state index in [1.165, 1.54) is 35.0 Å². The van der Waals surface area contributed by atoms with Crippen molar-refractivity contribution in [3.05, 3.63) is 63.5 Å². The second-order valence-electron chi connectivity index (χ2n) is 9.28. The van der Waals surface area contributed by atoms with E-state index in [9.17, 15) is 22.8 Å². The number of aromatic nitrogens is 3. The number of hydrogen-bond donors (Lipinski definition) is 1. The number of hydrogen-bond acceptors (Lipinski definition) is 6. The first-order chi connectivity index (χ1) is 18.9. The average Bonchev–Trinajstić information content (AvgIpc) is 2.94. The van der Waals surface area contributed by atoms with E-state index in [1.54, 1.807) is 13.1 Å². The Bertz CT molecular complexity index is 1420. The molecule has 0 atom stereocenters. The number of anilines is 1. The molecule has 206 valence electrons. The number of amides is 1. The normalized spacial score (nSPS) is 15.1. The number of ether oxygens (including phenoxy) is 1. The minimum absolute atomic E-state index is 0.0285. The number of nitrogens with one attached hydrogen (secondary N) is 1. The average molecular weight is 549 g/mol. The van der Waals surface area contributed by atoms with E-state index >= 15 is 0 Å². The van der Waals surface area contributed by atoms with Crippen LogP contribution in [0.25, 0.3) is 11.0 Å². The van der Waals surface area contributed by atoms with Gasteiger partial charge in [-0.05, 0) is 18.9 Å². The van der Waals surface area contributed by atoms with Gasteiger partial charge in [-0.3, -0.25) is 14.2 Å². The molecule has 3 aromatic rings. The van der Waals surface area contributed by atoms with Crippen molar-refractivity contribution in [2.75, 3.05) is 25.5 Å². The minimum Gasteiger partial charge on any atom is -0.373 e. The van der Waals surface area contributed by atoms with Gasteiger partial charge in [0, 0.05) is 39.4 Å². The van der Waals surface area contributed by atoms with E-state index in [-0.39, 0.29) is 49.4 Å². The maximum atomic E-state index is 14.6. The first-order valence-electron chi connectivity index (χ1n) is 12.8. The zero-order valence-electron chi connectivity index (χ0n) is 22.9. The molecule has 40 heavy (non-hydrogen) atoms. The molecule has 1 aliphatic rings. The number of nitrogens with zero attached hydrogens (tertiary/aromatic N) is 4. The van der Waals surface area contributed by atoms with Crippen LogP contribution < -0.4 is 10.9 Å². The highest BCUT2D eigenvalue weighted by atomic mass is 19.3. The molecule has 8 nitrogen and oxygen atoms in total. The van der Waals surface area contributed by atoms with Crippen LogP contribution >= 0.6 is 0 Å². The van der Waals surface area contributed by atoms with Crippen LogP contribution in [0.1, 0.15) is 49.8 Å². The highest BCUT2D eigenvalue weighted by Crippen LogP contribution is 2.37. The zero-order valence-corrected chi connectivity index (χ0v) is 22.9. The van der Waals surface area contributed by atoms with E-state index in [2.05, 4.69) is 15.3 Å². The van der Waals surface area contributed by atoms with Crippen LogP contribution in [-0.4, -0.2) is 69.1 Å². The van der Waals surface area contributed by atoms with Gasteiger partial charge in [-0.1, -0.05) is 37.2 Å². The molecule has 0 bridgehead atoms. The molecule has 1 saturated heterocycles. The second kappa shape index (κ2) is 12.5. The van der Waals surface area contributed by atoms with Gasteiger partial charge in [-0.2, -0.15) is 0 Å². The number of rotatable bonds is 7. The zero-order chi connectivity index (χ0) is 29.8. The number of aryl methyl sites for hydroxylation is 1. The van der Waals surface area contributed by atoms with Crippen LogP contribution in [0.2, 0.25) is 5.11 Å². The standard InChI is InChI=1S/C24H23B3F3N5O3.C2H6/c1-34-20-15(19(32-12-33-20)31-11-13-4-3-5-14(17(13)28)18(29)30)10-16(21(34)36)23(38-2)6-8-35(9-7-23)22(37)24(25,26)27;1-2/h3-5,10,12,18H,6-9,11H2,1-2H3,(H,31,32,33);1-2H3. The maximum absolute atomic E-state index is 14.6. The van der Waals surface area contributed by atoms with Gasteiger partial charge in [0.15, 0.2) is 0 Å².